The maximum Gasteiger partial charge on any atom is 0.0884 e. The molecule has 0 aromatic rings. The highest BCUT2D eigenvalue weighted by Crippen LogP contribution is 2.69. The summed E-state index contributed by atoms with van der Waals surface area (Å²) in [6.07, 6.45) is 16.4. The SMILES string of the molecule is [CH+]1CC2C3[CH-]C3C3C[CH+]CC3C3[CH-]C3C2C1. The molecule has 0 spiro atoms. The fraction of sp³-hybridized carbons (Fsp3) is 0.750. The van der Waals surface area contributed by atoms with Gasteiger partial charge in [0, 0.05) is 0 Å². The average Bonchev–Trinajstić information content (AvgIpc) is 3.16. The molecule has 0 aromatic heterocycles. The van der Waals surface area contributed by atoms with Crippen molar-refractivity contribution in [2.24, 2.45) is 47.3 Å². The molecule has 16 heavy (non-hydrogen) atoms. The standard InChI is InChI=1S/C16H20/c1-3-9-10(4-1)14-8-16(14)12-6-2-5-11(12)15-7-13(9)15/h1-2,7-16H,3-6H2. The van der Waals surface area contributed by atoms with E-state index in [4.69, 9.17) is 0 Å². The van der Waals surface area contributed by atoms with Crippen LogP contribution in [0.3, 0.4) is 0 Å². The predicted octanol–water partition coefficient (Wildman–Crippen LogP) is 3.36. The molecule has 0 saturated heterocycles. The Morgan fingerprint density at radius 2 is 0.875 bits per heavy atom. The van der Waals surface area contributed by atoms with Crippen molar-refractivity contribution in [2.75, 3.05) is 0 Å². The highest BCUT2D eigenvalue weighted by molar-refractivity contribution is 5.25. The van der Waals surface area contributed by atoms with Crippen molar-refractivity contribution < 1.29 is 0 Å². The number of fused-ring (bicyclic) bond motifs is 8. The third-order valence-corrected chi connectivity index (χ3v) is 6.33. The van der Waals surface area contributed by atoms with Gasteiger partial charge in [0.25, 0.3) is 0 Å². The zero-order chi connectivity index (χ0) is 10.3. The maximum absolute atomic E-state index is 2.72. The monoisotopic (exact) mass is 212 g/mol. The highest BCUT2D eigenvalue weighted by Gasteiger charge is 2.56. The van der Waals surface area contributed by atoms with Crippen LogP contribution in [0.2, 0.25) is 0 Å². The molecule has 0 nitrogen and oxygen atoms in total. The summed E-state index contributed by atoms with van der Waals surface area (Å²) in [6, 6.07) is 0. The van der Waals surface area contributed by atoms with Crippen LogP contribution in [-0.2, 0) is 0 Å². The van der Waals surface area contributed by atoms with E-state index in [0.717, 1.165) is 47.3 Å². The molecule has 0 bridgehead atoms. The lowest BCUT2D eigenvalue weighted by Gasteiger charge is -2.32. The van der Waals surface area contributed by atoms with Gasteiger partial charge >= 0.3 is 0 Å². The summed E-state index contributed by atoms with van der Waals surface area (Å²) in [7, 11) is 0. The van der Waals surface area contributed by atoms with Gasteiger partial charge in [-0.25, -0.2) is 0 Å². The van der Waals surface area contributed by atoms with Crippen LogP contribution in [-0.4, -0.2) is 0 Å². The van der Waals surface area contributed by atoms with Crippen LogP contribution in [0.15, 0.2) is 0 Å². The molecule has 0 radical (unpaired) electrons. The predicted molar refractivity (Wildman–Crippen MR) is 63.6 cm³/mol. The Hall–Kier alpha value is -0.260. The van der Waals surface area contributed by atoms with Crippen molar-refractivity contribution in [1.29, 1.82) is 0 Å². The lowest BCUT2D eigenvalue weighted by Crippen LogP contribution is -2.23. The minimum absolute atomic E-state index is 1.03. The van der Waals surface area contributed by atoms with Crippen molar-refractivity contribution in [1.82, 2.24) is 0 Å². The minimum atomic E-state index is 1.03. The van der Waals surface area contributed by atoms with Crippen molar-refractivity contribution >= 4 is 0 Å². The lowest BCUT2D eigenvalue weighted by molar-refractivity contribution is 0.195. The maximum atomic E-state index is 2.72. The zero-order valence-corrected chi connectivity index (χ0v) is 9.76. The molecule has 84 valence electrons. The molecule has 0 aromatic carbocycles. The first-order valence-corrected chi connectivity index (χ1v) is 7.27. The fourth-order valence-corrected chi connectivity index (χ4v) is 5.53. The van der Waals surface area contributed by atoms with Gasteiger partial charge in [0.05, 0.1) is 38.5 Å². The van der Waals surface area contributed by atoms with E-state index in [1.54, 1.807) is 0 Å². The quantitative estimate of drug-likeness (QED) is 0.426. The summed E-state index contributed by atoms with van der Waals surface area (Å²) in [4.78, 5) is 0. The molecule has 0 aliphatic heterocycles. The molecule has 5 aliphatic carbocycles. The molecular weight excluding hydrogens is 192 g/mol. The highest BCUT2D eigenvalue weighted by atomic mass is 14.7. The molecule has 5 fully saturated rings. The van der Waals surface area contributed by atoms with E-state index in [9.17, 15) is 0 Å². The molecular formula is C16H20. The summed E-state index contributed by atoms with van der Waals surface area (Å²) >= 11 is 0. The zero-order valence-electron chi connectivity index (χ0n) is 9.76. The first-order valence-electron chi connectivity index (χ1n) is 7.27. The summed E-state index contributed by atoms with van der Waals surface area (Å²) in [5, 5.41) is 0. The van der Waals surface area contributed by atoms with Gasteiger partial charge in [-0.15, -0.1) is 0 Å². The van der Waals surface area contributed by atoms with E-state index in [0.29, 0.717) is 0 Å². The van der Waals surface area contributed by atoms with Crippen LogP contribution in [0.5, 0.6) is 0 Å². The Bertz CT molecular complexity index is 260. The molecule has 0 amide bonds. The van der Waals surface area contributed by atoms with Crippen LogP contribution < -0.4 is 0 Å². The van der Waals surface area contributed by atoms with Crippen molar-refractivity contribution in [3.05, 3.63) is 25.7 Å². The number of rotatable bonds is 0. The van der Waals surface area contributed by atoms with E-state index >= 15 is 0 Å². The summed E-state index contributed by atoms with van der Waals surface area (Å²) < 4.78 is 0. The van der Waals surface area contributed by atoms with E-state index < -0.39 is 0 Å². The Morgan fingerprint density at radius 1 is 0.562 bits per heavy atom. The third kappa shape index (κ3) is 0.978. The van der Waals surface area contributed by atoms with Crippen LogP contribution >= 0.6 is 0 Å². The van der Waals surface area contributed by atoms with Crippen molar-refractivity contribution in [3.8, 4) is 0 Å². The van der Waals surface area contributed by atoms with Crippen LogP contribution in [0.4, 0.5) is 0 Å². The molecule has 5 aliphatic rings. The second-order valence-electron chi connectivity index (χ2n) is 6.87. The topological polar surface area (TPSA) is 0 Å². The third-order valence-electron chi connectivity index (χ3n) is 6.33. The molecule has 0 heteroatoms. The van der Waals surface area contributed by atoms with E-state index in [-0.39, 0.29) is 0 Å². The van der Waals surface area contributed by atoms with Gasteiger partial charge in [0.1, 0.15) is 0 Å². The summed E-state index contributed by atoms with van der Waals surface area (Å²) in [5.41, 5.74) is 0. The van der Waals surface area contributed by atoms with Gasteiger partial charge in [0.15, 0.2) is 0 Å². The van der Waals surface area contributed by atoms with E-state index in [1.807, 2.05) is 0 Å². The smallest absolute Gasteiger partial charge is 0.0884 e. The van der Waals surface area contributed by atoms with Gasteiger partial charge < -0.3 is 12.8 Å². The van der Waals surface area contributed by atoms with Crippen molar-refractivity contribution in [2.45, 2.75) is 25.7 Å². The van der Waals surface area contributed by atoms with Gasteiger partial charge in [-0.2, -0.15) is 23.7 Å². The van der Waals surface area contributed by atoms with Crippen LogP contribution in [0, 0.1) is 73.0 Å². The largest absolute Gasteiger partial charge is 0.326 e. The molecule has 5 saturated carbocycles. The van der Waals surface area contributed by atoms with Crippen molar-refractivity contribution in [3.63, 3.8) is 0 Å². The Labute approximate surface area is 99.2 Å². The Morgan fingerprint density at radius 3 is 1.19 bits per heavy atom. The van der Waals surface area contributed by atoms with Gasteiger partial charge in [0.2, 0.25) is 0 Å². The fourth-order valence-electron chi connectivity index (χ4n) is 5.53. The van der Waals surface area contributed by atoms with Crippen LogP contribution in [0.1, 0.15) is 25.7 Å². The van der Waals surface area contributed by atoms with E-state index in [2.05, 4.69) is 25.7 Å². The first kappa shape index (κ1) is 8.78. The average molecular weight is 212 g/mol. The Balaban J connectivity index is 1.52. The molecule has 0 N–H and O–H groups in total. The number of hydrogen-bond acceptors (Lipinski definition) is 0. The van der Waals surface area contributed by atoms with Gasteiger partial charge in [-0.1, -0.05) is 0 Å². The normalized spacial score (nSPS) is 65.0. The molecule has 8 unspecified atom stereocenters. The summed E-state index contributed by atoms with van der Waals surface area (Å²) in [6.45, 7) is 0. The van der Waals surface area contributed by atoms with Gasteiger partial charge in [-0.3, -0.25) is 0 Å². The Kier molecular flexibility index (Phi) is 1.52. The number of hydrogen-bond donors (Lipinski definition) is 0. The minimum Gasteiger partial charge on any atom is -0.326 e. The second kappa shape index (κ2) is 2.76. The summed E-state index contributed by atoms with van der Waals surface area (Å²) in [5.74, 6) is 8.32. The molecule has 0 heterocycles. The molecule has 8 atom stereocenters. The van der Waals surface area contributed by atoms with E-state index in [1.165, 1.54) is 25.7 Å². The van der Waals surface area contributed by atoms with Crippen LogP contribution in [0.25, 0.3) is 0 Å². The first-order chi connectivity index (χ1) is 7.93. The lowest BCUT2D eigenvalue weighted by atomic mass is 9.77. The second-order valence-corrected chi connectivity index (χ2v) is 6.87. The molecule has 5 rings (SSSR count). The van der Waals surface area contributed by atoms with Gasteiger partial charge in [-0.05, 0) is 23.7 Å².